The third kappa shape index (κ3) is 10.9. The van der Waals surface area contributed by atoms with Crippen LogP contribution >= 0.6 is 0 Å². The van der Waals surface area contributed by atoms with Crippen LogP contribution in [0.4, 0.5) is 0 Å². The first kappa shape index (κ1) is 45.9. The zero-order valence-corrected chi connectivity index (χ0v) is 30.9. The Morgan fingerprint density at radius 2 is 1.67 bits per heavy atom. The summed E-state index contributed by atoms with van der Waals surface area (Å²) in [6.45, 7) is -0.131. The van der Waals surface area contributed by atoms with Gasteiger partial charge in [-0.3, -0.25) is 4.79 Å². The fraction of sp³-hybridized carbons (Fsp3) is 0.885. The van der Waals surface area contributed by atoms with Crippen molar-refractivity contribution in [3.8, 4) is 0 Å². The van der Waals surface area contributed by atoms with E-state index in [0.717, 1.165) is 6.92 Å². The summed E-state index contributed by atoms with van der Waals surface area (Å²) in [7, 11) is 0. The number of hydrogen-bond donors (Lipinski definition) is 9. The summed E-state index contributed by atoms with van der Waals surface area (Å²) in [6, 6.07) is -1.54. The van der Waals surface area contributed by atoms with Crippen LogP contribution in [0, 0.1) is 0 Å². The van der Waals surface area contributed by atoms with Gasteiger partial charge in [-0.1, -0.05) is 0 Å². The normalized spacial score (nSPS) is 38.8. The molecule has 15 atom stereocenters. The molecule has 0 saturated carbocycles. The molecule has 9 N–H and O–H groups in total. The van der Waals surface area contributed by atoms with E-state index in [1.165, 1.54) is 6.92 Å². The SMILES string of the molecule is CC(=O)N[C@H]1[C@H]([C@@H](O)[C@H](O)CO)O[C@@](O[C@H]2[C@@H](O)[C@@H](CO)O[C@@H](O[C@@H]3CCO[C@H](CO[C@H](C)C(=O)[O-])[C@@H]3O)[C@@H]2O)(C(=O)[O-])C[C@@H]1O.[Na+].[Na+]. The van der Waals surface area contributed by atoms with E-state index < -0.39 is 129 Å². The molecule has 0 unspecified atom stereocenters. The molecule has 48 heavy (non-hydrogen) atoms. The molecule has 20 nitrogen and oxygen atoms in total. The predicted molar refractivity (Wildman–Crippen MR) is 138 cm³/mol. The Balaban J connectivity index is 0.00000576. The van der Waals surface area contributed by atoms with Gasteiger partial charge in [0, 0.05) is 20.0 Å². The minimum atomic E-state index is -3.08. The van der Waals surface area contributed by atoms with E-state index in [4.69, 9.17) is 28.4 Å². The maximum Gasteiger partial charge on any atom is 1.00 e. The van der Waals surface area contributed by atoms with Gasteiger partial charge in [-0.15, -0.1) is 0 Å². The summed E-state index contributed by atoms with van der Waals surface area (Å²) in [4.78, 5) is 35.2. The quantitative estimate of drug-likeness (QED) is 0.0753. The molecular weight excluding hydrogens is 676 g/mol. The topological polar surface area (TPSA) is 327 Å². The van der Waals surface area contributed by atoms with E-state index in [2.05, 4.69) is 5.32 Å². The molecule has 3 rings (SSSR count). The number of aliphatic hydroxyl groups excluding tert-OH is 8. The van der Waals surface area contributed by atoms with Gasteiger partial charge in [0.05, 0.1) is 50.1 Å². The number of carbonyl (C=O) groups excluding carboxylic acids is 3. The van der Waals surface area contributed by atoms with Crippen LogP contribution in [0.15, 0.2) is 0 Å². The minimum absolute atomic E-state index is 0. The van der Waals surface area contributed by atoms with Crippen molar-refractivity contribution in [2.75, 3.05) is 26.4 Å². The van der Waals surface area contributed by atoms with Gasteiger partial charge in [0.1, 0.15) is 60.9 Å². The number of amides is 1. The molecule has 3 saturated heterocycles. The molecule has 266 valence electrons. The molecule has 0 aromatic heterocycles. The van der Waals surface area contributed by atoms with E-state index >= 15 is 0 Å². The molecule has 1 amide bonds. The summed E-state index contributed by atoms with van der Waals surface area (Å²) < 4.78 is 32.8. The van der Waals surface area contributed by atoms with E-state index in [9.17, 15) is 65.4 Å². The second-order valence-corrected chi connectivity index (χ2v) is 11.3. The Hall–Kier alpha value is -0.150. The zero-order chi connectivity index (χ0) is 34.5. The van der Waals surface area contributed by atoms with Gasteiger partial charge in [0.2, 0.25) is 11.7 Å². The van der Waals surface area contributed by atoms with Crippen molar-refractivity contribution in [2.45, 2.75) is 118 Å². The van der Waals surface area contributed by atoms with Gasteiger partial charge in [-0.25, -0.2) is 0 Å². The third-order valence-electron chi connectivity index (χ3n) is 7.97. The first-order chi connectivity index (χ1) is 21.6. The van der Waals surface area contributed by atoms with Crippen LogP contribution in [-0.2, 0) is 42.8 Å². The van der Waals surface area contributed by atoms with Crippen LogP contribution in [0.2, 0.25) is 0 Å². The van der Waals surface area contributed by atoms with Crippen LogP contribution in [0.25, 0.3) is 0 Å². The number of carbonyl (C=O) groups is 3. The zero-order valence-electron chi connectivity index (χ0n) is 26.9. The number of ether oxygens (including phenoxy) is 6. The second-order valence-electron chi connectivity index (χ2n) is 11.3. The maximum absolute atomic E-state index is 12.5. The molecule has 0 aromatic rings. The van der Waals surface area contributed by atoms with E-state index in [-0.39, 0.29) is 78.7 Å². The molecule has 0 bridgehead atoms. The number of hydrogen-bond acceptors (Lipinski definition) is 19. The van der Waals surface area contributed by atoms with Crippen molar-refractivity contribution in [1.82, 2.24) is 5.32 Å². The molecule has 0 spiro atoms. The van der Waals surface area contributed by atoms with E-state index in [1.54, 1.807) is 0 Å². The van der Waals surface area contributed by atoms with Crippen LogP contribution in [0.3, 0.4) is 0 Å². The molecule has 0 aromatic carbocycles. The average Bonchev–Trinajstić information content (AvgIpc) is 3.00. The number of rotatable bonds is 14. The van der Waals surface area contributed by atoms with Gasteiger partial charge in [-0.2, -0.15) is 0 Å². The molecule has 22 heteroatoms. The van der Waals surface area contributed by atoms with Crippen molar-refractivity contribution in [1.29, 1.82) is 0 Å². The Morgan fingerprint density at radius 3 is 2.21 bits per heavy atom. The third-order valence-corrected chi connectivity index (χ3v) is 7.97. The number of aliphatic carboxylic acids is 2. The summed E-state index contributed by atoms with van der Waals surface area (Å²) in [5, 5.41) is 109. The number of aliphatic hydroxyl groups is 8. The summed E-state index contributed by atoms with van der Waals surface area (Å²) in [5.74, 6) is -7.51. The fourth-order valence-electron chi connectivity index (χ4n) is 5.38. The van der Waals surface area contributed by atoms with Gasteiger partial charge >= 0.3 is 59.1 Å². The number of carboxylic acids is 2. The first-order valence-corrected chi connectivity index (χ1v) is 14.5. The van der Waals surface area contributed by atoms with Crippen molar-refractivity contribution >= 4 is 17.8 Å². The monoisotopic (exact) mass is 717 g/mol. The predicted octanol–water partition coefficient (Wildman–Crippen LogP) is -14.7. The molecule has 3 aliphatic rings. The van der Waals surface area contributed by atoms with Gasteiger partial charge in [-0.05, 0) is 13.3 Å². The molecule has 3 aliphatic heterocycles. The van der Waals surface area contributed by atoms with Crippen molar-refractivity contribution in [2.24, 2.45) is 0 Å². The van der Waals surface area contributed by atoms with Gasteiger partial charge < -0.3 is 94.4 Å². The van der Waals surface area contributed by atoms with Gasteiger partial charge in [0.15, 0.2) is 6.29 Å². The Kier molecular flexibility index (Phi) is 19.3. The molecule has 0 aliphatic carbocycles. The molecule has 3 heterocycles. The smallest absolute Gasteiger partial charge is 0.547 e. The summed E-state index contributed by atoms with van der Waals surface area (Å²) in [5.41, 5.74) is 0. The first-order valence-electron chi connectivity index (χ1n) is 14.5. The Labute approximate surface area is 318 Å². The molecule has 0 radical (unpaired) electrons. The van der Waals surface area contributed by atoms with Crippen molar-refractivity contribution in [3.63, 3.8) is 0 Å². The molecule has 3 fully saturated rings. The minimum Gasteiger partial charge on any atom is -0.547 e. The summed E-state index contributed by atoms with van der Waals surface area (Å²) in [6.07, 6.45) is -23.5. The average molecular weight is 718 g/mol. The largest absolute Gasteiger partial charge is 1.00 e. The Bertz CT molecular complexity index is 1050. The second kappa shape index (κ2) is 20.2. The van der Waals surface area contributed by atoms with Crippen molar-refractivity contribution < 1.29 is 153 Å². The van der Waals surface area contributed by atoms with Crippen LogP contribution in [0.1, 0.15) is 26.7 Å². The number of carboxylic acid groups (broad SMARTS) is 2. The van der Waals surface area contributed by atoms with Crippen molar-refractivity contribution in [3.05, 3.63) is 0 Å². The van der Waals surface area contributed by atoms with E-state index in [1.807, 2.05) is 0 Å². The van der Waals surface area contributed by atoms with Crippen LogP contribution < -0.4 is 74.6 Å². The fourth-order valence-corrected chi connectivity index (χ4v) is 5.38. The standard InChI is InChI=1S/C26H43NO19.2Na/c1-9(23(37)38)42-8-15-18(34)13(3-4-41-15)43-24-20(36)22(19(35)14(7-29)44-24)46-26(25(39)40)5-11(31)16(27-10(2)30)21(45-26)17(33)12(32)6-28;;/h9,11-22,24,28-29,31-36H,3-8H2,1-2H3,(H,27,30)(H,37,38)(H,39,40);;/q;2*+1/p-2/t9-,11+,12-,13-,14-,15-,16-,17+,18-,19+,20-,21-,22+,24-,26+;;/m1../s1. The maximum atomic E-state index is 12.5. The van der Waals surface area contributed by atoms with Crippen LogP contribution in [0.5, 0.6) is 0 Å². The molecular formula is C26H41NNa2O19. The Morgan fingerprint density at radius 1 is 1.02 bits per heavy atom. The number of nitrogens with one attached hydrogen (secondary N) is 1. The van der Waals surface area contributed by atoms with Crippen LogP contribution in [-0.4, -0.2) is 176 Å². The summed E-state index contributed by atoms with van der Waals surface area (Å²) >= 11 is 0. The van der Waals surface area contributed by atoms with E-state index in [0.29, 0.717) is 0 Å². The van der Waals surface area contributed by atoms with Gasteiger partial charge in [0.25, 0.3) is 0 Å².